The van der Waals surface area contributed by atoms with Crippen molar-refractivity contribution in [3.05, 3.63) is 33.8 Å². The molecule has 2 N–H and O–H groups in total. The Kier molecular flexibility index (Phi) is 2.69. The van der Waals surface area contributed by atoms with E-state index in [0.29, 0.717) is 17.1 Å². The maximum absolute atomic E-state index is 8.67. The number of benzene rings is 1. The van der Waals surface area contributed by atoms with Gasteiger partial charge in [-0.1, -0.05) is 17.7 Å². The molecule has 62 valence electrons. The van der Waals surface area contributed by atoms with Crippen molar-refractivity contribution < 1.29 is 0 Å². The molecule has 2 nitrogen and oxygen atoms in total. The van der Waals surface area contributed by atoms with Crippen LogP contribution in [-0.2, 0) is 6.54 Å². The van der Waals surface area contributed by atoms with Crippen LogP contribution in [0.2, 0.25) is 5.02 Å². The Hall–Kier alpha value is -1.04. The van der Waals surface area contributed by atoms with E-state index in [-0.39, 0.29) is 0 Å². The second-order valence-corrected chi connectivity index (χ2v) is 2.98. The van der Waals surface area contributed by atoms with Gasteiger partial charge in [-0.15, -0.1) is 0 Å². The highest BCUT2D eigenvalue weighted by atomic mass is 35.5. The summed E-state index contributed by atoms with van der Waals surface area (Å²) in [5.41, 5.74) is 7.85. The monoisotopic (exact) mass is 180 g/mol. The molecular weight excluding hydrogens is 172 g/mol. The molecule has 3 heteroatoms. The minimum Gasteiger partial charge on any atom is -0.326 e. The molecule has 1 rings (SSSR count). The highest BCUT2D eigenvalue weighted by Crippen LogP contribution is 2.20. The molecule has 0 amide bonds. The Morgan fingerprint density at radius 2 is 2.25 bits per heavy atom. The fourth-order valence-electron chi connectivity index (χ4n) is 1.02. The van der Waals surface area contributed by atoms with Crippen molar-refractivity contribution in [3.63, 3.8) is 0 Å². The summed E-state index contributed by atoms with van der Waals surface area (Å²) in [6, 6.07) is 5.56. The minimum atomic E-state index is 0.408. The van der Waals surface area contributed by atoms with Crippen molar-refractivity contribution in [2.24, 2.45) is 5.73 Å². The summed E-state index contributed by atoms with van der Waals surface area (Å²) in [6.07, 6.45) is 0. The predicted octanol–water partition coefficient (Wildman–Crippen LogP) is 1.98. The summed E-state index contributed by atoms with van der Waals surface area (Å²) in [5, 5.41) is 9.24. The zero-order valence-electron chi connectivity index (χ0n) is 6.76. The molecule has 0 saturated heterocycles. The van der Waals surface area contributed by atoms with Crippen LogP contribution in [0.5, 0.6) is 0 Å². The highest BCUT2D eigenvalue weighted by molar-refractivity contribution is 6.31. The summed E-state index contributed by atoms with van der Waals surface area (Å²) < 4.78 is 0. The second-order valence-electron chi connectivity index (χ2n) is 2.57. The van der Waals surface area contributed by atoms with Gasteiger partial charge in [0, 0.05) is 11.6 Å². The Bertz CT molecular complexity index is 338. The van der Waals surface area contributed by atoms with E-state index in [9.17, 15) is 0 Å². The van der Waals surface area contributed by atoms with Crippen molar-refractivity contribution >= 4 is 11.6 Å². The molecule has 0 bridgehead atoms. The zero-order valence-corrected chi connectivity index (χ0v) is 7.52. The molecule has 0 aliphatic carbocycles. The van der Waals surface area contributed by atoms with Crippen molar-refractivity contribution in [2.75, 3.05) is 0 Å². The molecule has 0 radical (unpaired) electrons. The van der Waals surface area contributed by atoms with Crippen LogP contribution in [-0.4, -0.2) is 0 Å². The molecule has 0 aliphatic rings. The van der Waals surface area contributed by atoms with Gasteiger partial charge in [0.2, 0.25) is 0 Å². The predicted molar refractivity (Wildman–Crippen MR) is 48.8 cm³/mol. The van der Waals surface area contributed by atoms with E-state index < -0.39 is 0 Å². The van der Waals surface area contributed by atoms with Crippen LogP contribution in [0.1, 0.15) is 16.7 Å². The largest absolute Gasteiger partial charge is 0.326 e. The fraction of sp³-hybridized carbons (Fsp3) is 0.222. The number of rotatable bonds is 1. The van der Waals surface area contributed by atoms with E-state index in [1.165, 1.54) is 0 Å². The molecule has 0 heterocycles. The van der Waals surface area contributed by atoms with Crippen LogP contribution in [0.4, 0.5) is 0 Å². The third-order valence-corrected chi connectivity index (χ3v) is 2.09. The number of hydrogen-bond donors (Lipinski definition) is 1. The second kappa shape index (κ2) is 3.57. The lowest BCUT2D eigenvalue weighted by atomic mass is 10.1. The standard InChI is InChI=1S/C9H9ClN2/c1-6-2-8(5-12)9(10)3-7(6)4-11/h2-3H,5,12H2,1H3. The molecule has 0 spiro atoms. The van der Waals surface area contributed by atoms with Crippen molar-refractivity contribution in [3.8, 4) is 6.07 Å². The first kappa shape index (κ1) is 9.05. The van der Waals surface area contributed by atoms with Crippen LogP contribution in [0.25, 0.3) is 0 Å². The number of aryl methyl sites for hydroxylation is 1. The highest BCUT2D eigenvalue weighted by Gasteiger charge is 2.03. The summed E-state index contributed by atoms with van der Waals surface area (Å²) in [6.45, 7) is 2.28. The Balaban J connectivity index is 3.28. The number of halogens is 1. The molecule has 0 aromatic heterocycles. The van der Waals surface area contributed by atoms with Gasteiger partial charge in [-0.3, -0.25) is 0 Å². The summed E-state index contributed by atoms with van der Waals surface area (Å²) in [7, 11) is 0. The van der Waals surface area contributed by atoms with Gasteiger partial charge in [0.25, 0.3) is 0 Å². The zero-order chi connectivity index (χ0) is 9.14. The van der Waals surface area contributed by atoms with Gasteiger partial charge >= 0.3 is 0 Å². The topological polar surface area (TPSA) is 49.8 Å². The van der Waals surface area contributed by atoms with Gasteiger partial charge in [0.1, 0.15) is 0 Å². The molecule has 1 aromatic carbocycles. The lowest BCUT2D eigenvalue weighted by Gasteiger charge is -2.03. The molecule has 0 unspecified atom stereocenters. The van der Waals surface area contributed by atoms with E-state index in [1.807, 2.05) is 13.0 Å². The Morgan fingerprint density at radius 1 is 1.58 bits per heavy atom. The van der Waals surface area contributed by atoms with Gasteiger partial charge in [0.15, 0.2) is 0 Å². The van der Waals surface area contributed by atoms with E-state index in [1.54, 1.807) is 6.07 Å². The molecule has 0 aliphatic heterocycles. The average Bonchev–Trinajstić information content (AvgIpc) is 2.08. The van der Waals surface area contributed by atoms with Crippen LogP contribution < -0.4 is 5.73 Å². The first-order chi connectivity index (χ1) is 5.69. The quantitative estimate of drug-likeness (QED) is 0.719. The van der Waals surface area contributed by atoms with Gasteiger partial charge in [0.05, 0.1) is 11.6 Å². The lowest BCUT2D eigenvalue weighted by molar-refractivity contribution is 1.06. The molecule has 0 fully saturated rings. The van der Waals surface area contributed by atoms with E-state index in [2.05, 4.69) is 6.07 Å². The molecule has 0 saturated carbocycles. The summed E-state index contributed by atoms with van der Waals surface area (Å²) in [4.78, 5) is 0. The maximum atomic E-state index is 8.67. The van der Waals surface area contributed by atoms with Gasteiger partial charge in [-0.25, -0.2) is 0 Å². The van der Waals surface area contributed by atoms with Crippen LogP contribution in [0.3, 0.4) is 0 Å². The van der Waals surface area contributed by atoms with Gasteiger partial charge < -0.3 is 5.73 Å². The number of nitrogens with zero attached hydrogens (tertiary/aromatic N) is 1. The average molecular weight is 181 g/mol. The number of nitrogens with two attached hydrogens (primary N) is 1. The van der Waals surface area contributed by atoms with Gasteiger partial charge in [-0.05, 0) is 24.1 Å². The third kappa shape index (κ3) is 1.58. The molecule has 0 atom stereocenters. The SMILES string of the molecule is Cc1cc(CN)c(Cl)cc1C#N. The van der Waals surface area contributed by atoms with E-state index in [4.69, 9.17) is 22.6 Å². The lowest BCUT2D eigenvalue weighted by Crippen LogP contribution is -1.98. The molecule has 12 heavy (non-hydrogen) atoms. The van der Waals surface area contributed by atoms with Gasteiger partial charge in [-0.2, -0.15) is 5.26 Å². The van der Waals surface area contributed by atoms with Crippen LogP contribution in [0.15, 0.2) is 12.1 Å². The van der Waals surface area contributed by atoms with E-state index in [0.717, 1.165) is 11.1 Å². The normalized spacial score (nSPS) is 9.50. The fourth-order valence-corrected chi connectivity index (χ4v) is 1.26. The van der Waals surface area contributed by atoms with Crippen molar-refractivity contribution in [1.82, 2.24) is 0 Å². The maximum Gasteiger partial charge on any atom is 0.0994 e. The minimum absolute atomic E-state index is 0.408. The summed E-state index contributed by atoms with van der Waals surface area (Å²) >= 11 is 5.85. The first-order valence-electron chi connectivity index (χ1n) is 3.58. The number of hydrogen-bond acceptors (Lipinski definition) is 2. The summed E-state index contributed by atoms with van der Waals surface area (Å²) in [5.74, 6) is 0. The van der Waals surface area contributed by atoms with E-state index >= 15 is 0 Å². The molecular formula is C9H9ClN2. The Morgan fingerprint density at radius 3 is 2.75 bits per heavy atom. The van der Waals surface area contributed by atoms with Crippen LogP contribution >= 0.6 is 11.6 Å². The third-order valence-electron chi connectivity index (χ3n) is 1.73. The smallest absolute Gasteiger partial charge is 0.0994 e. The van der Waals surface area contributed by atoms with Crippen molar-refractivity contribution in [1.29, 1.82) is 5.26 Å². The molecule has 1 aromatic rings. The van der Waals surface area contributed by atoms with Crippen LogP contribution in [0, 0.1) is 18.3 Å². The van der Waals surface area contributed by atoms with Crippen molar-refractivity contribution in [2.45, 2.75) is 13.5 Å². The Labute approximate surface area is 76.6 Å². The number of nitriles is 1. The first-order valence-corrected chi connectivity index (χ1v) is 3.96.